The first-order valence-corrected chi connectivity index (χ1v) is 7.58. The number of nitrogens with one attached hydrogen (secondary N) is 2. The number of rotatable bonds is 7. The maximum atomic E-state index is 14.2. The van der Waals surface area contributed by atoms with E-state index in [1.165, 1.54) is 17.4 Å². The van der Waals surface area contributed by atoms with Gasteiger partial charge < -0.3 is 10.2 Å². The van der Waals surface area contributed by atoms with Crippen LogP contribution >= 0.6 is 0 Å². The molecule has 0 saturated carbocycles. The van der Waals surface area contributed by atoms with Gasteiger partial charge >= 0.3 is 0 Å². The molecule has 3 atom stereocenters. The van der Waals surface area contributed by atoms with Crippen molar-refractivity contribution in [2.45, 2.75) is 51.2 Å². The number of alkyl halides is 1. The number of amides is 3. The average molecular weight is 317 g/mol. The molecule has 0 aromatic heterocycles. The van der Waals surface area contributed by atoms with Crippen molar-refractivity contribution in [3.8, 4) is 0 Å². The second-order valence-electron chi connectivity index (χ2n) is 5.43. The van der Waals surface area contributed by atoms with Gasteiger partial charge in [-0.25, -0.2) is 9.87 Å². The van der Waals surface area contributed by atoms with E-state index in [1.807, 2.05) is 6.92 Å². The molecule has 0 bridgehead atoms. The lowest BCUT2D eigenvalue weighted by Gasteiger charge is -2.29. The van der Waals surface area contributed by atoms with Crippen LogP contribution in [-0.4, -0.2) is 53.6 Å². The molecule has 22 heavy (non-hydrogen) atoms. The van der Waals surface area contributed by atoms with E-state index in [-0.39, 0.29) is 12.3 Å². The smallest absolute Gasteiger partial charge is 0.278 e. The molecule has 0 aliphatic carbocycles. The van der Waals surface area contributed by atoms with Crippen LogP contribution in [0.4, 0.5) is 4.39 Å². The summed E-state index contributed by atoms with van der Waals surface area (Å²) in [6.45, 7) is 2.26. The minimum absolute atomic E-state index is 0.195. The molecule has 1 heterocycles. The van der Waals surface area contributed by atoms with Crippen molar-refractivity contribution in [2.75, 3.05) is 13.6 Å². The molecule has 1 aliphatic heterocycles. The molecule has 3 N–H and O–H groups in total. The zero-order valence-corrected chi connectivity index (χ0v) is 13.0. The highest BCUT2D eigenvalue weighted by atomic mass is 19.1. The molecule has 1 aliphatic rings. The van der Waals surface area contributed by atoms with Crippen molar-refractivity contribution in [1.29, 1.82) is 0 Å². The van der Waals surface area contributed by atoms with Crippen LogP contribution in [0.5, 0.6) is 0 Å². The van der Waals surface area contributed by atoms with Crippen molar-refractivity contribution in [3.05, 3.63) is 0 Å². The predicted octanol–water partition coefficient (Wildman–Crippen LogP) is 0.373. The topological polar surface area (TPSA) is 98.7 Å². The summed E-state index contributed by atoms with van der Waals surface area (Å²) in [5.41, 5.74) is 1.25. The third-order valence-corrected chi connectivity index (χ3v) is 3.98. The van der Waals surface area contributed by atoms with Crippen LogP contribution in [-0.2, 0) is 14.4 Å². The Bertz CT molecular complexity index is 419. The Hall–Kier alpha value is -1.70. The Balaban J connectivity index is 2.90. The number of halogens is 1. The van der Waals surface area contributed by atoms with Crippen LogP contribution < -0.4 is 10.8 Å². The number of hydrogen-bond acceptors (Lipinski definition) is 4. The Morgan fingerprint density at radius 1 is 1.41 bits per heavy atom. The number of hydrogen-bond donors (Lipinski definition) is 3. The molecule has 3 amide bonds. The maximum absolute atomic E-state index is 14.2. The number of carbonyl (C=O) groups is 3. The molecule has 0 aromatic rings. The van der Waals surface area contributed by atoms with Gasteiger partial charge in [0.15, 0.2) is 6.17 Å². The Morgan fingerprint density at radius 3 is 2.64 bits per heavy atom. The predicted molar refractivity (Wildman–Crippen MR) is 76.6 cm³/mol. The normalized spacial score (nSPS) is 20.4. The van der Waals surface area contributed by atoms with E-state index >= 15 is 0 Å². The average Bonchev–Trinajstić information content (AvgIpc) is 3.02. The van der Waals surface area contributed by atoms with Gasteiger partial charge in [-0.2, -0.15) is 0 Å². The van der Waals surface area contributed by atoms with Crippen LogP contribution in [0.15, 0.2) is 0 Å². The summed E-state index contributed by atoms with van der Waals surface area (Å²) in [5, 5.41) is 11.1. The monoisotopic (exact) mass is 317 g/mol. The van der Waals surface area contributed by atoms with Crippen molar-refractivity contribution in [2.24, 2.45) is 5.92 Å². The van der Waals surface area contributed by atoms with Gasteiger partial charge in [-0.05, 0) is 19.3 Å². The van der Waals surface area contributed by atoms with Gasteiger partial charge in [-0.15, -0.1) is 0 Å². The van der Waals surface area contributed by atoms with Gasteiger partial charge in [0.25, 0.3) is 5.91 Å². The number of unbranched alkanes of at least 4 members (excludes halogenated alkanes) is 1. The number of likely N-dealkylation sites (tertiary alicyclic amines) is 1. The van der Waals surface area contributed by atoms with E-state index < -0.39 is 29.9 Å². The largest absolute Gasteiger partial charge is 0.357 e. The summed E-state index contributed by atoms with van der Waals surface area (Å²) in [5.74, 6) is -3.25. The van der Waals surface area contributed by atoms with Gasteiger partial charge in [0.1, 0.15) is 6.04 Å². The molecular formula is C14H24FN3O4. The van der Waals surface area contributed by atoms with Gasteiger partial charge in [-0.3, -0.25) is 19.6 Å². The molecular weight excluding hydrogens is 293 g/mol. The summed E-state index contributed by atoms with van der Waals surface area (Å²) < 4.78 is 14.2. The van der Waals surface area contributed by atoms with Gasteiger partial charge in [0, 0.05) is 13.6 Å². The fourth-order valence-corrected chi connectivity index (χ4v) is 2.75. The maximum Gasteiger partial charge on any atom is 0.278 e. The standard InChI is InChI=1S/C14H24FN3O4/c1-3-4-6-9(11(15)13(20)17-22)14(21)18-8-5-7-10(18)12(19)16-2/h9-11,22H,3-8H2,1-2H3,(H,16,19)(H,17,20)/t9-,10+,11?/m1/s1. The minimum atomic E-state index is -2.13. The zero-order chi connectivity index (χ0) is 16.7. The number of hydroxylamine groups is 1. The lowest BCUT2D eigenvalue weighted by molar-refractivity contribution is -0.148. The Labute approximate surface area is 129 Å². The molecule has 1 saturated heterocycles. The molecule has 126 valence electrons. The first-order valence-electron chi connectivity index (χ1n) is 7.58. The Morgan fingerprint density at radius 2 is 2.09 bits per heavy atom. The summed E-state index contributed by atoms with van der Waals surface area (Å²) >= 11 is 0. The fraction of sp³-hybridized carbons (Fsp3) is 0.786. The molecule has 8 heteroatoms. The molecule has 0 spiro atoms. The summed E-state index contributed by atoms with van der Waals surface area (Å²) in [6.07, 6.45) is 0.572. The number of nitrogens with zero attached hydrogens (tertiary/aromatic N) is 1. The summed E-state index contributed by atoms with van der Waals surface area (Å²) in [6, 6.07) is -0.619. The summed E-state index contributed by atoms with van der Waals surface area (Å²) in [7, 11) is 1.48. The van der Waals surface area contributed by atoms with Crippen molar-refractivity contribution >= 4 is 17.7 Å². The zero-order valence-electron chi connectivity index (χ0n) is 13.0. The molecule has 1 rings (SSSR count). The summed E-state index contributed by atoms with van der Waals surface area (Å²) in [4.78, 5) is 37.1. The molecule has 1 fully saturated rings. The van der Waals surface area contributed by atoms with E-state index in [9.17, 15) is 18.8 Å². The second kappa shape index (κ2) is 8.67. The van der Waals surface area contributed by atoms with Crippen molar-refractivity contribution in [3.63, 3.8) is 0 Å². The van der Waals surface area contributed by atoms with Crippen LogP contribution in [0.25, 0.3) is 0 Å². The first kappa shape index (κ1) is 18.3. The van der Waals surface area contributed by atoms with Crippen molar-refractivity contribution in [1.82, 2.24) is 15.7 Å². The van der Waals surface area contributed by atoms with Gasteiger partial charge in [0.2, 0.25) is 11.8 Å². The number of likely N-dealkylation sites (N-methyl/N-ethyl adjacent to an activating group) is 1. The highest BCUT2D eigenvalue weighted by Gasteiger charge is 2.41. The van der Waals surface area contributed by atoms with E-state index in [0.717, 1.165) is 6.42 Å². The van der Waals surface area contributed by atoms with Crippen LogP contribution in [0, 0.1) is 5.92 Å². The quantitative estimate of drug-likeness (QED) is 0.467. The molecule has 7 nitrogen and oxygen atoms in total. The first-order chi connectivity index (χ1) is 10.5. The van der Waals surface area contributed by atoms with Gasteiger partial charge in [0.05, 0.1) is 5.92 Å². The van der Waals surface area contributed by atoms with Crippen LogP contribution in [0.1, 0.15) is 39.0 Å². The van der Waals surface area contributed by atoms with Gasteiger partial charge in [-0.1, -0.05) is 19.8 Å². The Kier molecular flexibility index (Phi) is 7.23. The minimum Gasteiger partial charge on any atom is -0.357 e. The van der Waals surface area contributed by atoms with E-state index in [4.69, 9.17) is 5.21 Å². The van der Waals surface area contributed by atoms with Crippen LogP contribution in [0.3, 0.4) is 0 Å². The fourth-order valence-electron chi connectivity index (χ4n) is 2.75. The van der Waals surface area contributed by atoms with Crippen molar-refractivity contribution < 1.29 is 24.0 Å². The third-order valence-electron chi connectivity index (χ3n) is 3.98. The number of carbonyl (C=O) groups excluding carboxylic acids is 3. The van der Waals surface area contributed by atoms with E-state index in [1.54, 1.807) is 0 Å². The van der Waals surface area contributed by atoms with Crippen LogP contribution in [0.2, 0.25) is 0 Å². The SMILES string of the molecule is CCCC[C@@H](C(=O)N1CCC[C@H]1C(=O)NC)C(F)C(=O)NO. The molecule has 0 radical (unpaired) electrons. The van der Waals surface area contributed by atoms with E-state index in [2.05, 4.69) is 5.32 Å². The third kappa shape index (κ3) is 4.16. The van der Waals surface area contributed by atoms with E-state index in [0.29, 0.717) is 25.8 Å². The highest BCUT2D eigenvalue weighted by molar-refractivity contribution is 5.92. The lowest BCUT2D eigenvalue weighted by Crippen LogP contribution is -2.50. The molecule has 0 aromatic carbocycles. The lowest BCUT2D eigenvalue weighted by atomic mass is 9.94. The second-order valence-corrected chi connectivity index (χ2v) is 5.43. The molecule has 1 unspecified atom stereocenters. The highest BCUT2D eigenvalue weighted by Crippen LogP contribution is 2.25.